The minimum absolute atomic E-state index is 0.0619. The van der Waals surface area contributed by atoms with Crippen molar-refractivity contribution in [3.63, 3.8) is 0 Å². The van der Waals surface area contributed by atoms with Gasteiger partial charge in [-0.2, -0.15) is 5.10 Å². The summed E-state index contributed by atoms with van der Waals surface area (Å²) in [4.78, 5) is 28.4. The number of rotatable bonds is 6. The Morgan fingerprint density at radius 3 is 2.38 bits per heavy atom. The Morgan fingerprint density at radius 1 is 0.906 bits per heavy atom. The second kappa shape index (κ2) is 9.17. The van der Waals surface area contributed by atoms with Crippen LogP contribution in [0.5, 0.6) is 0 Å². The van der Waals surface area contributed by atoms with E-state index < -0.39 is 29.9 Å². The molecule has 0 saturated carbocycles. The summed E-state index contributed by atoms with van der Waals surface area (Å²) in [5.74, 6) is -3.32. The van der Waals surface area contributed by atoms with Gasteiger partial charge in [-0.3, -0.25) is 19.7 Å². The van der Waals surface area contributed by atoms with E-state index in [0.29, 0.717) is 11.2 Å². The summed E-state index contributed by atoms with van der Waals surface area (Å²) in [6, 6.07) is 13.7. The van der Waals surface area contributed by atoms with Gasteiger partial charge in [0, 0.05) is 29.0 Å². The summed E-state index contributed by atoms with van der Waals surface area (Å²) in [6.07, 6.45) is 4.90. The summed E-state index contributed by atoms with van der Waals surface area (Å²) < 4.78 is 26.2. The Kier molecular flexibility index (Phi) is 5.98. The van der Waals surface area contributed by atoms with E-state index in [2.05, 4.69) is 25.8 Å². The number of aromatic amines is 1. The fraction of sp³-hybridized carbons (Fsp3) is 0.0435. The number of carbonyl (C=O) groups is 2. The molecule has 4 rings (SSSR count). The van der Waals surface area contributed by atoms with Crippen LogP contribution in [0.4, 0.5) is 20.2 Å². The highest BCUT2D eigenvalue weighted by Gasteiger charge is 2.12. The number of hydrogen-bond donors (Lipinski definition) is 3. The van der Waals surface area contributed by atoms with E-state index in [1.807, 2.05) is 30.4 Å². The van der Waals surface area contributed by atoms with Gasteiger partial charge >= 0.3 is 0 Å². The molecule has 7 nitrogen and oxygen atoms in total. The number of hydrogen-bond acceptors (Lipinski definition) is 4. The molecule has 4 aromatic rings. The Balaban J connectivity index is 1.38. The molecule has 2 aromatic heterocycles. The maximum Gasteiger partial charge on any atom is 0.233 e. The molecule has 0 aliphatic heterocycles. The number of benzene rings is 2. The van der Waals surface area contributed by atoms with Crippen LogP contribution in [0.1, 0.15) is 17.8 Å². The van der Waals surface area contributed by atoms with Crippen molar-refractivity contribution in [3.05, 3.63) is 83.8 Å². The quantitative estimate of drug-likeness (QED) is 0.393. The summed E-state index contributed by atoms with van der Waals surface area (Å²) in [5, 5.41) is 13.0. The van der Waals surface area contributed by atoms with Gasteiger partial charge in [0.2, 0.25) is 11.8 Å². The SMILES string of the molecule is O=C(CC(=O)Nc1ccc2c(C=Cc3ccccn3)n[nH]c2c1)Nc1ccc(F)c(F)c1. The number of nitrogens with zero attached hydrogens (tertiary/aromatic N) is 2. The highest BCUT2D eigenvalue weighted by molar-refractivity contribution is 6.08. The fourth-order valence-electron chi connectivity index (χ4n) is 3.01. The van der Waals surface area contributed by atoms with Crippen LogP contribution in [-0.4, -0.2) is 27.0 Å². The number of pyridine rings is 1. The monoisotopic (exact) mass is 433 g/mol. The second-order valence-electron chi connectivity index (χ2n) is 6.86. The van der Waals surface area contributed by atoms with Crippen LogP contribution >= 0.6 is 0 Å². The van der Waals surface area contributed by atoms with E-state index in [0.717, 1.165) is 28.9 Å². The van der Waals surface area contributed by atoms with Crippen molar-refractivity contribution < 1.29 is 18.4 Å². The number of carbonyl (C=O) groups excluding carboxylic acids is 2. The van der Waals surface area contributed by atoms with E-state index in [1.54, 1.807) is 24.4 Å². The van der Waals surface area contributed by atoms with Gasteiger partial charge in [-0.1, -0.05) is 6.07 Å². The number of halogens is 2. The maximum atomic E-state index is 13.2. The first-order chi connectivity index (χ1) is 15.5. The van der Waals surface area contributed by atoms with Crippen molar-refractivity contribution >= 4 is 46.2 Å². The molecule has 0 saturated heterocycles. The van der Waals surface area contributed by atoms with Gasteiger partial charge in [0.05, 0.1) is 16.9 Å². The summed E-state index contributed by atoms with van der Waals surface area (Å²) in [5.41, 5.74) is 2.76. The normalized spacial score (nSPS) is 11.1. The lowest BCUT2D eigenvalue weighted by molar-refractivity contribution is -0.123. The molecule has 9 heteroatoms. The predicted octanol–water partition coefficient (Wildman–Crippen LogP) is 4.37. The van der Waals surface area contributed by atoms with Crippen molar-refractivity contribution in [1.82, 2.24) is 15.2 Å². The Morgan fingerprint density at radius 2 is 1.66 bits per heavy atom. The molecule has 0 aliphatic rings. The summed E-state index contributed by atoms with van der Waals surface area (Å²) >= 11 is 0. The minimum atomic E-state index is -1.09. The van der Waals surface area contributed by atoms with Crippen LogP contribution in [0.15, 0.2) is 60.8 Å². The molecule has 0 spiro atoms. The van der Waals surface area contributed by atoms with Crippen LogP contribution < -0.4 is 10.6 Å². The molecule has 2 aromatic carbocycles. The lowest BCUT2D eigenvalue weighted by Gasteiger charge is -2.07. The zero-order valence-electron chi connectivity index (χ0n) is 16.6. The molecule has 0 aliphatic carbocycles. The van der Waals surface area contributed by atoms with Gasteiger partial charge in [0.1, 0.15) is 6.42 Å². The lowest BCUT2D eigenvalue weighted by Crippen LogP contribution is -2.21. The van der Waals surface area contributed by atoms with Crippen molar-refractivity contribution in [2.75, 3.05) is 10.6 Å². The number of fused-ring (bicyclic) bond motifs is 1. The first kappa shape index (κ1) is 20.9. The topological polar surface area (TPSA) is 99.8 Å². The largest absolute Gasteiger partial charge is 0.326 e. The molecule has 160 valence electrons. The Bertz CT molecular complexity index is 1320. The molecule has 0 atom stereocenters. The van der Waals surface area contributed by atoms with Gasteiger partial charge in [-0.05, 0) is 54.6 Å². The molecule has 32 heavy (non-hydrogen) atoms. The smallest absolute Gasteiger partial charge is 0.233 e. The van der Waals surface area contributed by atoms with Crippen LogP contribution in [-0.2, 0) is 9.59 Å². The average molecular weight is 433 g/mol. The third-order valence-corrected chi connectivity index (χ3v) is 4.50. The maximum absolute atomic E-state index is 13.2. The number of H-pyrrole nitrogens is 1. The lowest BCUT2D eigenvalue weighted by atomic mass is 10.1. The Hall–Kier alpha value is -4.40. The van der Waals surface area contributed by atoms with E-state index in [4.69, 9.17) is 0 Å². The third-order valence-electron chi connectivity index (χ3n) is 4.50. The fourth-order valence-corrected chi connectivity index (χ4v) is 3.01. The summed E-state index contributed by atoms with van der Waals surface area (Å²) in [7, 11) is 0. The van der Waals surface area contributed by atoms with Crippen LogP contribution in [0, 0.1) is 11.6 Å². The van der Waals surface area contributed by atoms with Gasteiger partial charge in [-0.15, -0.1) is 0 Å². The zero-order valence-corrected chi connectivity index (χ0v) is 16.6. The molecule has 2 heterocycles. The highest BCUT2D eigenvalue weighted by Crippen LogP contribution is 2.22. The molecular formula is C23H17F2N5O2. The number of nitrogens with one attached hydrogen (secondary N) is 3. The van der Waals surface area contributed by atoms with E-state index in [9.17, 15) is 18.4 Å². The van der Waals surface area contributed by atoms with Gasteiger partial charge in [0.15, 0.2) is 11.6 Å². The molecule has 0 unspecified atom stereocenters. The van der Waals surface area contributed by atoms with E-state index in [1.165, 1.54) is 6.07 Å². The average Bonchev–Trinajstić information content (AvgIpc) is 3.17. The van der Waals surface area contributed by atoms with Crippen LogP contribution in [0.25, 0.3) is 23.1 Å². The zero-order chi connectivity index (χ0) is 22.5. The number of anilines is 2. The standard InChI is InChI=1S/C23H17F2N5O2/c24-18-8-5-15(11-19(18)25)27-22(31)13-23(32)28-16-4-7-17-20(29-30-21(17)12-16)9-6-14-3-1-2-10-26-14/h1-12H,13H2,(H,27,31)(H,28,32)(H,29,30). The van der Waals surface area contributed by atoms with Gasteiger partial charge < -0.3 is 10.6 Å². The highest BCUT2D eigenvalue weighted by atomic mass is 19.2. The van der Waals surface area contributed by atoms with E-state index in [-0.39, 0.29) is 5.69 Å². The Labute approximate surface area is 181 Å². The van der Waals surface area contributed by atoms with Crippen LogP contribution in [0.3, 0.4) is 0 Å². The predicted molar refractivity (Wildman–Crippen MR) is 117 cm³/mol. The molecule has 2 amide bonds. The first-order valence-corrected chi connectivity index (χ1v) is 9.60. The van der Waals surface area contributed by atoms with E-state index >= 15 is 0 Å². The minimum Gasteiger partial charge on any atom is -0.326 e. The molecule has 0 radical (unpaired) electrons. The number of amides is 2. The molecule has 0 fully saturated rings. The van der Waals surface area contributed by atoms with Crippen molar-refractivity contribution in [2.24, 2.45) is 0 Å². The first-order valence-electron chi connectivity index (χ1n) is 9.60. The van der Waals surface area contributed by atoms with Crippen molar-refractivity contribution in [2.45, 2.75) is 6.42 Å². The van der Waals surface area contributed by atoms with Gasteiger partial charge in [-0.25, -0.2) is 8.78 Å². The molecule has 0 bridgehead atoms. The second-order valence-corrected chi connectivity index (χ2v) is 6.86. The van der Waals surface area contributed by atoms with Crippen LogP contribution in [0.2, 0.25) is 0 Å². The van der Waals surface area contributed by atoms with Gasteiger partial charge in [0.25, 0.3) is 0 Å². The van der Waals surface area contributed by atoms with Crippen molar-refractivity contribution in [3.8, 4) is 0 Å². The number of aromatic nitrogens is 3. The summed E-state index contributed by atoms with van der Waals surface area (Å²) in [6.45, 7) is 0. The molecular weight excluding hydrogens is 416 g/mol. The van der Waals surface area contributed by atoms with Crippen molar-refractivity contribution in [1.29, 1.82) is 0 Å². The molecule has 3 N–H and O–H groups in total. The third kappa shape index (κ3) is 5.01.